The van der Waals surface area contributed by atoms with E-state index in [2.05, 4.69) is 13.8 Å². The average Bonchev–Trinajstić information content (AvgIpc) is 2.78. The second-order valence-corrected chi connectivity index (χ2v) is 8.13. The lowest BCUT2D eigenvalue weighted by atomic mass is 9.94. The van der Waals surface area contributed by atoms with E-state index in [0.717, 1.165) is 10.9 Å². The standard InChI is InChI=1S/C26H25NO4/c1-17(2)19-13-11-18(12-14-19)16-31-23(28)10-5-15-27-25(29)21-8-3-6-20-7-4-9-22(24(20)21)26(27)30/h3-4,6-9,11-14,17H,5,10,15-16H2,1-2H3. The van der Waals surface area contributed by atoms with Crippen molar-refractivity contribution in [3.63, 3.8) is 0 Å². The fourth-order valence-electron chi connectivity index (χ4n) is 3.90. The molecule has 5 nitrogen and oxygen atoms in total. The van der Waals surface area contributed by atoms with Crippen LogP contribution in [-0.2, 0) is 16.1 Å². The number of nitrogens with zero attached hydrogens (tertiary/aromatic N) is 1. The van der Waals surface area contributed by atoms with Gasteiger partial charge in [0.2, 0.25) is 0 Å². The second kappa shape index (κ2) is 8.72. The summed E-state index contributed by atoms with van der Waals surface area (Å²) in [7, 11) is 0. The molecule has 0 aliphatic carbocycles. The van der Waals surface area contributed by atoms with Gasteiger partial charge in [0.1, 0.15) is 6.61 Å². The van der Waals surface area contributed by atoms with Crippen LogP contribution in [0.15, 0.2) is 60.7 Å². The summed E-state index contributed by atoms with van der Waals surface area (Å²) in [6, 6.07) is 18.9. The maximum absolute atomic E-state index is 12.9. The zero-order chi connectivity index (χ0) is 22.0. The highest BCUT2D eigenvalue weighted by molar-refractivity contribution is 6.25. The normalized spacial score (nSPS) is 13.2. The first-order chi connectivity index (χ1) is 15.0. The molecule has 1 heterocycles. The molecule has 0 spiro atoms. The fourth-order valence-corrected chi connectivity index (χ4v) is 3.90. The summed E-state index contributed by atoms with van der Waals surface area (Å²) in [5.41, 5.74) is 3.23. The molecule has 31 heavy (non-hydrogen) atoms. The Morgan fingerprint density at radius 3 is 2.10 bits per heavy atom. The Bertz CT molecular complexity index is 1100. The Kier molecular flexibility index (Phi) is 5.85. The molecule has 0 bridgehead atoms. The zero-order valence-corrected chi connectivity index (χ0v) is 17.8. The Morgan fingerprint density at radius 1 is 0.903 bits per heavy atom. The molecule has 4 rings (SSSR count). The van der Waals surface area contributed by atoms with Crippen LogP contribution in [0.4, 0.5) is 0 Å². The quantitative estimate of drug-likeness (QED) is 0.399. The molecule has 1 aliphatic heterocycles. The van der Waals surface area contributed by atoms with E-state index in [1.807, 2.05) is 48.5 Å². The van der Waals surface area contributed by atoms with Crippen LogP contribution in [0.5, 0.6) is 0 Å². The van der Waals surface area contributed by atoms with Gasteiger partial charge in [0.15, 0.2) is 0 Å². The van der Waals surface area contributed by atoms with Crippen molar-refractivity contribution in [3.8, 4) is 0 Å². The summed E-state index contributed by atoms with van der Waals surface area (Å²) in [6.07, 6.45) is 0.508. The number of benzene rings is 3. The molecule has 0 unspecified atom stereocenters. The van der Waals surface area contributed by atoms with Gasteiger partial charge < -0.3 is 4.74 Å². The summed E-state index contributed by atoms with van der Waals surface area (Å²) in [5.74, 6) is -0.510. The van der Waals surface area contributed by atoms with Crippen molar-refractivity contribution in [3.05, 3.63) is 82.9 Å². The van der Waals surface area contributed by atoms with Gasteiger partial charge in [-0.2, -0.15) is 0 Å². The van der Waals surface area contributed by atoms with Gasteiger partial charge in [-0.05, 0) is 41.0 Å². The number of esters is 1. The highest BCUT2D eigenvalue weighted by atomic mass is 16.5. The topological polar surface area (TPSA) is 63.7 Å². The van der Waals surface area contributed by atoms with Gasteiger partial charge in [0, 0.05) is 29.5 Å². The number of imide groups is 1. The lowest BCUT2D eigenvalue weighted by molar-refractivity contribution is -0.145. The van der Waals surface area contributed by atoms with Crippen LogP contribution in [0, 0.1) is 0 Å². The molecule has 5 heteroatoms. The van der Waals surface area contributed by atoms with Gasteiger partial charge in [0.05, 0.1) is 0 Å². The van der Waals surface area contributed by atoms with Gasteiger partial charge in [-0.25, -0.2) is 0 Å². The molecule has 0 saturated carbocycles. The van der Waals surface area contributed by atoms with Gasteiger partial charge in [-0.3, -0.25) is 19.3 Å². The van der Waals surface area contributed by atoms with Crippen LogP contribution < -0.4 is 0 Å². The van der Waals surface area contributed by atoms with Crippen molar-refractivity contribution in [1.29, 1.82) is 0 Å². The molecular formula is C26H25NO4. The van der Waals surface area contributed by atoms with Crippen molar-refractivity contribution < 1.29 is 19.1 Å². The van der Waals surface area contributed by atoms with Crippen LogP contribution >= 0.6 is 0 Å². The molecule has 0 saturated heterocycles. The molecule has 0 radical (unpaired) electrons. The summed E-state index contributed by atoms with van der Waals surface area (Å²) in [6.45, 7) is 4.66. The van der Waals surface area contributed by atoms with E-state index in [0.29, 0.717) is 28.9 Å². The lowest BCUT2D eigenvalue weighted by Crippen LogP contribution is -2.41. The van der Waals surface area contributed by atoms with Crippen LogP contribution in [0.2, 0.25) is 0 Å². The number of carbonyl (C=O) groups is 3. The smallest absolute Gasteiger partial charge is 0.306 e. The Morgan fingerprint density at radius 2 is 1.52 bits per heavy atom. The van der Waals surface area contributed by atoms with Crippen molar-refractivity contribution in [2.24, 2.45) is 0 Å². The minimum atomic E-state index is -0.340. The predicted molar refractivity (Wildman–Crippen MR) is 119 cm³/mol. The lowest BCUT2D eigenvalue weighted by Gasteiger charge is -2.27. The zero-order valence-electron chi connectivity index (χ0n) is 17.8. The van der Waals surface area contributed by atoms with Crippen LogP contribution in [0.1, 0.15) is 64.4 Å². The largest absolute Gasteiger partial charge is 0.461 e. The second-order valence-electron chi connectivity index (χ2n) is 8.13. The third kappa shape index (κ3) is 4.22. The molecular weight excluding hydrogens is 390 g/mol. The molecule has 0 atom stereocenters. The fraction of sp³-hybridized carbons (Fsp3) is 0.269. The summed E-state index contributed by atoms with van der Waals surface area (Å²) < 4.78 is 5.35. The van der Waals surface area contributed by atoms with Crippen molar-refractivity contribution >= 4 is 28.6 Å². The number of amides is 2. The van der Waals surface area contributed by atoms with E-state index < -0.39 is 0 Å². The van der Waals surface area contributed by atoms with Gasteiger partial charge in [0.25, 0.3) is 11.8 Å². The molecule has 1 aliphatic rings. The monoisotopic (exact) mass is 415 g/mol. The molecule has 3 aromatic carbocycles. The summed E-state index contributed by atoms with van der Waals surface area (Å²) in [5, 5.41) is 1.58. The first-order valence-corrected chi connectivity index (χ1v) is 10.6. The molecule has 0 N–H and O–H groups in total. The molecule has 0 aromatic heterocycles. The first kappa shape index (κ1) is 20.8. The van der Waals surface area contributed by atoms with E-state index in [-0.39, 0.29) is 37.4 Å². The highest BCUT2D eigenvalue weighted by Gasteiger charge is 2.32. The van der Waals surface area contributed by atoms with Crippen LogP contribution in [-0.4, -0.2) is 29.2 Å². The number of hydrogen-bond acceptors (Lipinski definition) is 4. The Labute approximate surface area is 181 Å². The van der Waals surface area contributed by atoms with E-state index in [1.165, 1.54) is 10.5 Å². The molecule has 158 valence electrons. The summed E-state index contributed by atoms with van der Waals surface area (Å²) >= 11 is 0. The molecule has 2 amide bonds. The van der Waals surface area contributed by atoms with Crippen molar-refractivity contribution in [2.75, 3.05) is 6.54 Å². The van der Waals surface area contributed by atoms with E-state index in [1.54, 1.807) is 12.1 Å². The van der Waals surface area contributed by atoms with Crippen molar-refractivity contribution in [2.45, 2.75) is 39.2 Å². The van der Waals surface area contributed by atoms with Gasteiger partial charge >= 0.3 is 5.97 Å². The van der Waals surface area contributed by atoms with E-state index in [9.17, 15) is 14.4 Å². The van der Waals surface area contributed by atoms with Crippen LogP contribution in [0.25, 0.3) is 10.8 Å². The minimum absolute atomic E-state index is 0.146. The maximum atomic E-state index is 12.9. The Hall–Kier alpha value is -3.47. The van der Waals surface area contributed by atoms with E-state index >= 15 is 0 Å². The average molecular weight is 415 g/mol. The number of rotatable bonds is 7. The van der Waals surface area contributed by atoms with Gasteiger partial charge in [-0.15, -0.1) is 0 Å². The van der Waals surface area contributed by atoms with E-state index in [4.69, 9.17) is 4.74 Å². The number of ether oxygens (including phenoxy) is 1. The number of carbonyl (C=O) groups excluding carboxylic acids is 3. The first-order valence-electron chi connectivity index (χ1n) is 10.6. The maximum Gasteiger partial charge on any atom is 0.306 e. The summed E-state index contributed by atoms with van der Waals surface area (Å²) in [4.78, 5) is 39.1. The number of hydrogen-bond donors (Lipinski definition) is 0. The predicted octanol–water partition coefficient (Wildman–Crippen LogP) is 5.08. The molecule has 0 fully saturated rings. The third-order valence-corrected chi connectivity index (χ3v) is 5.66. The van der Waals surface area contributed by atoms with Gasteiger partial charge in [-0.1, -0.05) is 62.4 Å². The Balaban J connectivity index is 1.33. The van der Waals surface area contributed by atoms with Crippen LogP contribution in [0.3, 0.4) is 0 Å². The third-order valence-electron chi connectivity index (χ3n) is 5.66. The highest BCUT2D eigenvalue weighted by Crippen LogP contribution is 2.30. The van der Waals surface area contributed by atoms with Crippen molar-refractivity contribution in [1.82, 2.24) is 4.90 Å². The SMILES string of the molecule is CC(C)c1ccc(COC(=O)CCCN2C(=O)c3cccc4cccc(c34)C2=O)cc1. The minimum Gasteiger partial charge on any atom is -0.461 e. The molecule has 3 aromatic rings.